The number of methoxy groups -OCH3 is 3. The van der Waals surface area contributed by atoms with Gasteiger partial charge in [0.15, 0.2) is 0 Å². The largest absolute Gasteiger partial charge is 0.500 e. The smallest absolute Gasteiger partial charge is 0.333 e. The second-order valence-electron chi connectivity index (χ2n) is 6.76. The summed E-state index contributed by atoms with van der Waals surface area (Å²) < 4.78 is 21.0. The lowest BCUT2D eigenvalue weighted by Gasteiger charge is -2.21. The molecular weight excluding hydrogens is 412 g/mol. The summed E-state index contributed by atoms with van der Waals surface area (Å²) in [6.07, 6.45) is 4.83. The van der Waals surface area contributed by atoms with Gasteiger partial charge in [0.05, 0.1) is 38.7 Å². The number of nitrogens with zero attached hydrogens (tertiary/aromatic N) is 2. The predicted octanol–water partition coefficient (Wildman–Crippen LogP) is 3.88. The Balaban J connectivity index is 1.70. The van der Waals surface area contributed by atoms with Crippen LogP contribution in [0.4, 0.5) is 0 Å². The summed E-state index contributed by atoms with van der Waals surface area (Å²) in [4.78, 5) is 20.8. The standard InChI is InChI=1S/C20H24N2O5S2/c1-12(16(25-4)8-17(23)26-5)15(24-3)7-6-13-9-28-18(21-13)14-10-29-19(22-14)20(2)11-27-20/h6-10,12,15H,11H2,1-5H3/b7-6+,16-8+/t12-,15+,20?/m1/s1. The number of thiazole rings is 2. The van der Waals surface area contributed by atoms with Crippen molar-refractivity contribution < 1.29 is 23.7 Å². The van der Waals surface area contributed by atoms with E-state index in [1.165, 1.54) is 31.6 Å². The van der Waals surface area contributed by atoms with Crippen LogP contribution in [0.3, 0.4) is 0 Å². The van der Waals surface area contributed by atoms with E-state index in [1.54, 1.807) is 18.4 Å². The van der Waals surface area contributed by atoms with Crippen molar-refractivity contribution in [2.45, 2.75) is 25.6 Å². The molecule has 0 amide bonds. The molecule has 0 aromatic carbocycles. The van der Waals surface area contributed by atoms with E-state index in [4.69, 9.17) is 14.2 Å². The van der Waals surface area contributed by atoms with Gasteiger partial charge < -0.3 is 18.9 Å². The Bertz CT molecular complexity index is 914. The van der Waals surface area contributed by atoms with Crippen LogP contribution >= 0.6 is 22.7 Å². The quantitative estimate of drug-likeness (QED) is 0.255. The number of carbonyl (C=O) groups excluding carboxylic acids is 1. The van der Waals surface area contributed by atoms with Crippen LogP contribution in [0.2, 0.25) is 0 Å². The topological polar surface area (TPSA) is 83.1 Å². The van der Waals surface area contributed by atoms with Gasteiger partial charge in [0, 0.05) is 23.8 Å². The van der Waals surface area contributed by atoms with E-state index in [9.17, 15) is 4.79 Å². The van der Waals surface area contributed by atoms with Gasteiger partial charge in [0.2, 0.25) is 0 Å². The van der Waals surface area contributed by atoms with Crippen molar-refractivity contribution in [2.24, 2.45) is 5.92 Å². The van der Waals surface area contributed by atoms with Gasteiger partial charge in [-0.3, -0.25) is 0 Å². The molecule has 0 saturated carbocycles. The lowest BCUT2D eigenvalue weighted by Crippen LogP contribution is -2.21. The molecule has 156 valence electrons. The Hall–Kier alpha value is -2.07. The van der Waals surface area contributed by atoms with Crippen LogP contribution in [0.5, 0.6) is 0 Å². The lowest BCUT2D eigenvalue weighted by atomic mass is 10.0. The molecule has 0 spiro atoms. The van der Waals surface area contributed by atoms with Crippen LogP contribution in [-0.2, 0) is 29.3 Å². The highest BCUT2D eigenvalue weighted by Gasteiger charge is 2.44. The Morgan fingerprint density at radius 3 is 2.62 bits per heavy atom. The molecule has 7 nitrogen and oxygen atoms in total. The zero-order chi connectivity index (χ0) is 21.0. The van der Waals surface area contributed by atoms with Gasteiger partial charge in [-0.25, -0.2) is 14.8 Å². The Morgan fingerprint density at radius 2 is 2.00 bits per heavy atom. The van der Waals surface area contributed by atoms with Crippen LogP contribution in [0.25, 0.3) is 16.8 Å². The summed E-state index contributed by atoms with van der Waals surface area (Å²) in [5, 5.41) is 5.83. The molecular formula is C20H24N2O5S2. The van der Waals surface area contributed by atoms with Crippen LogP contribution in [0.1, 0.15) is 24.5 Å². The molecule has 1 saturated heterocycles. The Kier molecular flexibility index (Phi) is 6.84. The maximum Gasteiger partial charge on any atom is 0.333 e. The number of aromatic nitrogens is 2. The third-order valence-corrected chi connectivity index (χ3v) is 6.61. The number of ether oxygens (including phenoxy) is 4. The molecule has 0 radical (unpaired) electrons. The third-order valence-electron chi connectivity index (χ3n) is 4.64. The van der Waals surface area contributed by atoms with Crippen molar-refractivity contribution in [1.29, 1.82) is 0 Å². The molecule has 1 aliphatic heterocycles. The summed E-state index contributed by atoms with van der Waals surface area (Å²) >= 11 is 3.14. The lowest BCUT2D eigenvalue weighted by molar-refractivity contribution is -0.135. The van der Waals surface area contributed by atoms with E-state index in [1.807, 2.05) is 36.8 Å². The summed E-state index contributed by atoms with van der Waals surface area (Å²) in [7, 11) is 4.46. The van der Waals surface area contributed by atoms with Crippen molar-refractivity contribution in [3.63, 3.8) is 0 Å². The Morgan fingerprint density at radius 1 is 1.24 bits per heavy atom. The zero-order valence-corrected chi connectivity index (χ0v) is 18.6. The highest BCUT2D eigenvalue weighted by molar-refractivity contribution is 7.14. The first kappa shape index (κ1) is 21.6. The molecule has 1 unspecified atom stereocenters. The molecule has 1 aliphatic rings. The molecule has 3 rings (SSSR count). The van der Waals surface area contributed by atoms with Gasteiger partial charge >= 0.3 is 5.97 Å². The fourth-order valence-corrected chi connectivity index (χ4v) is 4.41. The molecule has 0 aliphatic carbocycles. The number of carbonyl (C=O) groups is 1. The van der Waals surface area contributed by atoms with Crippen LogP contribution in [0, 0.1) is 5.92 Å². The summed E-state index contributed by atoms with van der Waals surface area (Å²) in [6.45, 7) is 4.68. The molecule has 0 bridgehead atoms. The van der Waals surface area contributed by atoms with Gasteiger partial charge in [-0.15, -0.1) is 22.7 Å². The third kappa shape index (κ3) is 5.11. The van der Waals surface area contributed by atoms with Crippen LogP contribution in [-0.4, -0.2) is 50.0 Å². The maximum absolute atomic E-state index is 11.5. The van der Waals surface area contributed by atoms with Crippen LogP contribution < -0.4 is 0 Å². The molecule has 0 N–H and O–H groups in total. The van der Waals surface area contributed by atoms with E-state index in [-0.39, 0.29) is 17.6 Å². The minimum Gasteiger partial charge on any atom is -0.500 e. The van der Waals surface area contributed by atoms with Crippen molar-refractivity contribution in [3.8, 4) is 10.7 Å². The Labute approximate surface area is 178 Å². The van der Waals surface area contributed by atoms with Crippen molar-refractivity contribution in [3.05, 3.63) is 39.4 Å². The van der Waals surface area contributed by atoms with E-state index < -0.39 is 5.97 Å². The van der Waals surface area contributed by atoms with E-state index in [2.05, 4.69) is 14.7 Å². The van der Waals surface area contributed by atoms with Gasteiger partial charge in [-0.1, -0.05) is 13.0 Å². The predicted molar refractivity (Wildman–Crippen MR) is 113 cm³/mol. The number of rotatable bonds is 9. The first-order valence-electron chi connectivity index (χ1n) is 9.00. The van der Waals surface area contributed by atoms with Crippen molar-refractivity contribution >= 4 is 34.7 Å². The fourth-order valence-electron chi connectivity index (χ4n) is 2.68. The molecule has 29 heavy (non-hydrogen) atoms. The summed E-state index contributed by atoms with van der Waals surface area (Å²) in [6, 6.07) is 0. The first-order chi connectivity index (χ1) is 13.9. The second-order valence-corrected chi connectivity index (χ2v) is 8.47. The van der Waals surface area contributed by atoms with Gasteiger partial charge in [0.25, 0.3) is 0 Å². The average Bonchev–Trinajstić information content (AvgIpc) is 3.14. The molecule has 1 fully saturated rings. The minimum atomic E-state index is -0.468. The number of hydrogen-bond acceptors (Lipinski definition) is 9. The molecule has 3 atom stereocenters. The van der Waals surface area contributed by atoms with Crippen LogP contribution in [0.15, 0.2) is 28.7 Å². The number of epoxide rings is 1. The monoisotopic (exact) mass is 436 g/mol. The van der Waals surface area contributed by atoms with Gasteiger partial charge in [-0.05, 0) is 13.0 Å². The minimum absolute atomic E-state index is 0.182. The first-order valence-corrected chi connectivity index (χ1v) is 10.8. The van der Waals surface area contributed by atoms with Gasteiger partial charge in [0.1, 0.15) is 27.1 Å². The summed E-state index contributed by atoms with van der Waals surface area (Å²) in [5.41, 5.74) is 1.46. The molecule has 3 heterocycles. The fraction of sp³-hybridized carbons (Fsp3) is 0.450. The highest BCUT2D eigenvalue weighted by atomic mass is 32.1. The van der Waals surface area contributed by atoms with E-state index in [0.29, 0.717) is 5.76 Å². The second kappa shape index (κ2) is 9.17. The molecule has 2 aromatic rings. The number of esters is 1. The van der Waals surface area contributed by atoms with Crippen molar-refractivity contribution in [1.82, 2.24) is 9.97 Å². The highest BCUT2D eigenvalue weighted by Crippen LogP contribution is 2.41. The summed E-state index contributed by atoms with van der Waals surface area (Å²) in [5.74, 6) is -0.165. The van der Waals surface area contributed by atoms with E-state index in [0.717, 1.165) is 28.0 Å². The normalized spacial score (nSPS) is 21.2. The van der Waals surface area contributed by atoms with E-state index >= 15 is 0 Å². The molecule has 2 aromatic heterocycles. The van der Waals surface area contributed by atoms with Gasteiger partial charge in [-0.2, -0.15) is 0 Å². The maximum atomic E-state index is 11.5. The SMILES string of the molecule is COC(=O)/C=C(/OC)[C@H](C)[C@H](/C=C/c1csc(-c2csc(C3(C)CO3)n2)n1)OC. The zero-order valence-electron chi connectivity index (χ0n) is 17.0. The average molecular weight is 437 g/mol. The van der Waals surface area contributed by atoms with Crippen molar-refractivity contribution in [2.75, 3.05) is 27.9 Å². The number of hydrogen-bond donors (Lipinski definition) is 0. The molecule has 9 heteroatoms.